The number of carbonyl (C=O) groups excluding carboxylic acids is 1. The number of hydrogen-bond acceptors (Lipinski definition) is 6. The molecule has 0 fully saturated rings. The van der Waals surface area contributed by atoms with Crippen LogP contribution in [-0.4, -0.2) is 27.0 Å². The molecular weight excluding hydrogens is 410 g/mol. The number of rotatable bonds is 4. The number of nitrogens with one attached hydrogen (secondary N) is 1. The first-order valence-electron chi connectivity index (χ1n) is 10.1. The van der Waals surface area contributed by atoms with E-state index in [-0.39, 0.29) is 18.0 Å². The lowest BCUT2D eigenvalue weighted by Crippen LogP contribution is -2.38. The largest absolute Gasteiger partial charge is 0.337 e. The summed E-state index contributed by atoms with van der Waals surface area (Å²) in [5.41, 5.74) is 3.77. The highest BCUT2D eigenvalue weighted by molar-refractivity contribution is 7.22. The van der Waals surface area contributed by atoms with E-state index >= 15 is 0 Å². The molecule has 0 unspecified atom stereocenters. The van der Waals surface area contributed by atoms with Crippen molar-refractivity contribution in [2.24, 2.45) is 0 Å². The van der Waals surface area contributed by atoms with Gasteiger partial charge >= 0.3 is 0 Å². The van der Waals surface area contributed by atoms with Crippen LogP contribution in [0.2, 0.25) is 0 Å². The molecule has 0 spiro atoms. The summed E-state index contributed by atoms with van der Waals surface area (Å²) in [6, 6.07) is 17.5. The van der Waals surface area contributed by atoms with Crippen molar-refractivity contribution in [1.29, 1.82) is 0 Å². The number of carbonyl (C=O) groups is 1. The minimum Gasteiger partial charge on any atom is -0.337 e. The molecule has 0 saturated heterocycles. The fraction of sp³-hybridized carbons (Fsp3) is 0.217. The van der Waals surface area contributed by atoms with Crippen LogP contribution in [0.4, 0.5) is 11.1 Å². The number of fused-ring (bicyclic) bond motifs is 2. The van der Waals surface area contributed by atoms with Crippen molar-refractivity contribution in [2.75, 3.05) is 16.8 Å². The van der Waals surface area contributed by atoms with Crippen molar-refractivity contribution >= 4 is 38.5 Å². The average molecular weight is 432 g/mol. The summed E-state index contributed by atoms with van der Waals surface area (Å²) in [6.07, 6.45) is 0.873. The number of anilines is 2. The van der Waals surface area contributed by atoms with Crippen LogP contribution in [0.3, 0.4) is 0 Å². The van der Waals surface area contributed by atoms with Crippen LogP contribution in [-0.2, 0) is 24.3 Å². The van der Waals surface area contributed by atoms with Gasteiger partial charge < -0.3 is 10.2 Å². The number of aryl methyl sites for hydroxylation is 1. The topological polar surface area (TPSA) is 80.1 Å². The van der Waals surface area contributed by atoms with Crippen molar-refractivity contribution < 1.29 is 4.79 Å². The zero-order chi connectivity index (χ0) is 21.4. The molecule has 31 heavy (non-hydrogen) atoms. The third-order valence-corrected chi connectivity index (χ3v) is 6.32. The second-order valence-corrected chi connectivity index (χ2v) is 8.63. The van der Waals surface area contributed by atoms with E-state index in [4.69, 9.17) is 0 Å². The Morgan fingerprint density at radius 1 is 1.10 bits per heavy atom. The van der Waals surface area contributed by atoms with Crippen molar-refractivity contribution in [1.82, 2.24) is 14.5 Å². The van der Waals surface area contributed by atoms with Crippen LogP contribution in [0.5, 0.6) is 0 Å². The molecule has 5 rings (SSSR count). The Morgan fingerprint density at radius 2 is 1.87 bits per heavy atom. The monoisotopic (exact) mass is 431 g/mol. The zero-order valence-electron chi connectivity index (χ0n) is 17.0. The number of hydrogen-bond donors (Lipinski definition) is 1. The standard InChI is InChI=1S/C23H21N5O2S/c1-15-12-21(30)28(14-20(29)26-22-25-18-8-4-5-9-19(18)31-22)23(24-15)27-11-10-16-6-2-3-7-17(16)13-27/h2-9,12H,10-11,13-14H2,1H3,(H,25,26,29). The molecule has 3 heterocycles. The normalized spacial score (nSPS) is 13.3. The molecule has 4 aromatic rings. The Labute approximate surface area is 183 Å². The molecule has 7 nitrogen and oxygen atoms in total. The van der Waals surface area contributed by atoms with E-state index in [9.17, 15) is 9.59 Å². The lowest BCUT2D eigenvalue weighted by atomic mass is 10.0. The molecule has 2 aromatic carbocycles. The quantitative estimate of drug-likeness (QED) is 0.536. The summed E-state index contributed by atoms with van der Waals surface area (Å²) in [5.74, 6) is 0.226. The van der Waals surface area contributed by atoms with E-state index in [1.165, 1.54) is 33.1 Å². The fourth-order valence-electron chi connectivity index (χ4n) is 3.89. The molecule has 156 valence electrons. The van der Waals surface area contributed by atoms with Gasteiger partial charge in [0.15, 0.2) is 5.13 Å². The predicted molar refractivity (Wildman–Crippen MR) is 123 cm³/mol. The third-order valence-electron chi connectivity index (χ3n) is 5.37. The van der Waals surface area contributed by atoms with E-state index in [0.717, 1.165) is 23.2 Å². The molecule has 0 atom stereocenters. The second-order valence-electron chi connectivity index (χ2n) is 7.60. The number of para-hydroxylation sites is 1. The maximum absolute atomic E-state index is 12.8. The SMILES string of the molecule is Cc1cc(=O)n(CC(=O)Nc2nc3ccccc3s2)c(N2CCc3ccccc3C2)n1. The van der Waals surface area contributed by atoms with Crippen molar-refractivity contribution in [3.63, 3.8) is 0 Å². The summed E-state index contributed by atoms with van der Waals surface area (Å²) in [4.78, 5) is 36.7. The first-order chi connectivity index (χ1) is 15.1. The second kappa shape index (κ2) is 7.96. The van der Waals surface area contributed by atoms with E-state index in [1.54, 1.807) is 6.92 Å². The minimum absolute atomic E-state index is 0.116. The molecule has 8 heteroatoms. The van der Waals surface area contributed by atoms with Crippen LogP contribution in [0, 0.1) is 6.92 Å². The highest BCUT2D eigenvalue weighted by Crippen LogP contribution is 2.26. The predicted octanol–water partition coefficient (Wildman–Crippen LogP) is 3.36. The number of benzene rings is 2. The maximum Gasteiger partial charge on any atom is 0.255 e. The van der Waals surface area contributed by atoms with Crippen LogP contribution in [0.25, 0.3) is 10.2 Å². The van der Waals surface area contributed by atoms with Gasteiger partial charge in [-0.15, -0.1) is 0 Å². The molecular formula is C23H21N5O2S. The maximum atomic E-state index is 12.8. The molecule has 0 saturated carbocycles. The van der Waals surface area contributed by atoms with Crippen molar-refractivity contribution in [2.45, 2.75) is 26.4 Å². The van der Waals surface area contributed by atoms with Crippen LogP contribution >= 0.6 is 11.3 Å². The summed E-state index contributed by atoms with van der Waals surface area (Å²) < 4.78 is 2.45. The van der Waals surface area contributed by atoms with Gasteiger partial charge in [0.2, 0.25) is 11.9 Å². The molecule has 0 aliphatic carbocycles. The van der Waals surface area contributed by atoms with Gasteiger partial charge in [-0.25, -0.2) is 9.97 Å². The number of aromatic nitrogens is 3. The lowest BCUT2D eigenvalue weighted by Gasteiger charge is -2.31. The van der Waals surface area contributed by atoms with Gasteiger partial charge in [-0.2, -0.15) is 0 Å². The summed E-state index contributed by atoms with van der Waals surface area (Å²) in [7, 11) is 0. The van der Waals surface area contributed by atoms with Crippen molar-refractivity contribution in [3.05, 3.63) is 81.8 Å². The number of thiazole rings is 1. The zero-order valence-corrected chi connectivity index (χ0v) is 17.9. The molecule has 1 aliphatic rings. The van der Waals surface area contributed by atoms with E-state index in [2.05, 4.69) is 32.3 Å². The molecule has 1 amide bonds. The van der Waals surface area contributed by atoms with Gasteiger partial charge in [0, 0.05) is 24.8 Å². The Bertz CT molecular complexity index is 1310. The van der Waals surface area contributed by atoms with Gasteiger partial charge in [-0.3, -0.25) is 14.2 Å². The first kappa shape index (κ1) is 19.4. The third kappa shape index (κ3) is 3.94. The van der Waals surface area contributed by atoms with Gasteiger partial charge in [0.05, 0.1) is 10.2 Å². The summed E-state index contributed by atoms with van der Waals surface area (Å²) in [5, 5.41) is 3.35. The van der Waals surface area contributed by atoms with Crippen LogP contribution < -0.4 is 15.8 Å². The highest BCUT2D eigenvalue weighted by atomic mass is 32.1. The average Bonchev–Trinajstić information content (AvgIpc) is 3.17. The highest BCUT2D eigenvalue weighted by Gasteiger charge is 2.22. The Kier molecular flexibility index (Phi) is 4.99. The van der Waals surface area contributed by atoms with E-state index in [0.29, 0.717) is 23.3 Å². The Morgan fingerprint density at radius 3 is 2.71 bits per heavy atom. The fourth-order valence-corrected chi connectivity index (χ4v) is 4.77. The van der Waals surface area contributed by atoms with E-state index in [1.807, 2.05) is 36.4 Å². The van der Waals surface area contributed by atoms with Gasteiger partial charge in [-0.1, -0.05) is 47.7 Å². The Balaban J connectivity index is 1.41. The van der Waals surface area contributed by atoms with Crippen LogP contribution in [0.15, 0.2) is 59.4 Å². The minimum atomic E-state index is -0.300. The van der Waals surface area contributed by atoms with Crippen LogP contribution in [0.1, 0.15) is 16.8 Å². The molecule has 0 radical (unpaired) electrons. The molecule has 1 aliphatic heterocycles. The molecule has 0 bridgehead atoms. The molecule has 1 N–H and O–H groups in total. The smallest absolute Gasteiger partial charge is 0.255 e. The summed E-state index contributed by atoms with van der Waals surface area (Å²) >= 11 is 1.41. The Hall–Kier alpha value is -3.52. The number of nitrogens with zero attached hydrogens (tertiary/aromatic N) is 4. The van der Waals surface area contributed by atoms with Gasteiger partial charge in [0.25, 0.3) is 5.56 Å². The summed E-state index contributed by atoms with van der Waals surface area (Å²) in [6.45, 7) is 3.09. The number of amides is 1. The van der Waals surface area contributed by atoms with Crippen molar-refractivity contribution in [3.8, 4) is 0 Å². The first-order valence-corrected chi connectivity index (χ1v) is 10.9. The van der Waals surface area contributed by atoms with Gasteiger partial charge in [0.1, 0.15) is 6.54 Å². The lowest BCUT2D eigenvalue weighted by molar-refractivity contribution is -0.116. The van der Waals surface area contributed by atoms with E-state index < -0.39 is 0 Å². The molecule has 2 aromatic heterocycles. The van der Waals surface area contributed by atoms with Gasteiger partial charge in [-0.05, 0) is 36.6 Å².